The number of sulfone groups is 1. The molecule has 0 aromatic heterocycles. The van der Waals surface area contributed by atoms with Gasteiger partial charge in [0.2, 0.25) is 0 Å². The number of rotatable bonds is 4. The largest absolute Gasteiger partial charge is 0.325 e. The molecule has 4 heteroatoms. The smallest absolute Gasteiger partial charge is 0.147 e. The monoisotopic (exact) mass is 191 g/mol. The normalized spacial score (nSPS) is 35.1. The molecular weight excluding hydrogens is 174 g/mol. The fourth-order valence-corrected chi connectivity index (χ4v) is 2.38. The second-order valence-electron chi connectivity index (χ2n) is 3.92. The molecule has 2 atom stereocenters. The second-order valence-corrected chi connectivity index (χ2v) is 6.18. The Morgan fingerprint density at radius 1 is 1.58 bits per heavy atom. The van der Waals surface area contributed by atoms with E-state index in [1.54, 1.807) is 0 Å². The van der Waals surface area contributed by atoms with Crippen molar-refractivity contribution in [2.45, 2.75) is 31.7 Å². The Bertz CT molecular complexity index is 260. The molecule has 1 saturated carbocycles. The molecule has 12 heavy (non-hydrogen) atoms. The molecule has 1 aliphatic rings. The minimum atomic E-state index is -2.83. The zero-order valence-electron chi connectivity index (χ0n) is 7.71. The Morgan fingerprint density at radius 2 is 2.17 bits per heavy atom. The van der Waals surface area contributed by atoms with Gasteiger partial charge in [0, 0.05) is 11.8 Å². The Kier molecular flexibility index (Phi) is 2.50. The number of nitrogens with two attached hydrogens (primary N) is 1. The molecule has 1 aliphatic carbocycles. The molecule has 2 N–H and O–H groups in total. The van der Waals surface area contributed by atoms with Crippen LogP contribution in [0.25, 0.3) is 0 Å². The molecular formula is C8H17NO2S. The first kappa shape index (κ1) is 9.99. The van der Waals surface area contributed by atoms with Gasteiger partial charge >= 0.3 is 0 Å². The summed E-state index contributed by atoms with van der Waals surface area (Å²) in [7, 11) is -2.83. The summed E-state index contributed by atoms with van der Waals surface area (Å²) in [5, 5.41) is 0. The van der Waals surface area contributed by atoms with Gasteiger partial charge in [-0.1, -0.05) is 13.3 Å². The predicted octanol–water partition coefficient (Wildman–Crippen LogP) is 0.549. The van der Waals surface area contributed by atoms with Crippen LogP contribution in [-0.2, 0) is 9.84 Å². The van der Waals surface area contributed by atoms with E-state index in [2.05, 4.69) is 6.92 Å². The molecule has 3 nitrogen and oxygen atoms in total. The lowest BCUT2D eigenvalue weighted by molar-refractivity contribution is 0.551. The van der Waals surface area contributed by atoms with E-state index >= 15 is 0 Å². The molecule has 72 valence electrons. The minimum Gasteiger partial charge on any atom is -0.325 e. The lowest BCUT2D eigenvalue weighted by Crippen LogP contribution is -2.27. The molecule has 0 aliphatic heterocycles. The quantitative estimate of drug-likeness (QED) is 0.706. The van der Waals surface area contributed by atoms with Gasteiger partial charge in [0.25, 0.3) is 0 Å². The molecule has 0 saturated heterocycles. The highest BCUT2D eigenvalue weighted by Gasteiger charge is 2.49. The fourth-order valence-electron chi connectivity index (χ4n) is 1.63. The van der Waals surface area contributed by atoms with Crippen molar-refractivity contribution in [1.29, 1.82) is 0 Å². The van der Waals surface area contributed by atoms with E-state index in [0.29, 0.717) is 12.3 Å². The lowest BCUT2D eigenvalue weighted by atomic mass is 10.1. The van der Waals surface area contributed by atoms with Crippen molar-refractivity contribution in [2.75, 3.05) is 12.0 Å². The van der Waals surface area contributed by atoms with E-state index in [1.807, 2.05) is 0 Å². The molecule has 0 heterocycles. The van der Waals surface area contributed by atoms with Gasteiger partial charge in [-0.25, -0.2) is 8.42 Å². The highest BCUT2D eigenvalue weighted by molar-refractivity contribution is 7.90. The summed E-state index contributed by atoms with van der Waals surface area (Å²) >= 11 is 0. The number of hydrogen-bond acceptors (Lipinski definition) is 3. The topological polar surface area (TPSA) is 60.2 Å². The zero-order chi connectivity index (χ0) is 9.41. The number of hydrogen-bond donors (Lipinski definition) is 1. The van der Waals surface area contributed by atoms with Gasteiger partial charge in [0.15, 0.2) is 0 Å². The van der Waals surface area contributed by atoms with Crippen LogP contribution >= 0.6 is 0 Å². The molecule has 0 aromatic carbocycles. The standard InChI is InChI=1S/C8H17NO2S/c1-3-7-6-8(7,9)4-5-12(2,10)11/h7H,3-6,9H2,1-2H3. The van der Waals surface area contributed by atoms with Crippen LogP contribution in [0, 0.1) is 5.92 Å². The van der Waals surface area contributed by atoms with Crippen LogP contribution in [0.15, 0.2) is 0 Å². The van der Waals surface area contributed by atoms with E-state index in [4.69, 9.17) is 5.73 Å². The van der Waals surface area contributed by atoms with Crippen molar-refractivity contribution in [2.24, 2.45) is 11.7 Å². The summed E-state index contributed by atoms with van der Waals surface area (Å²) in [5.41, 5.74) is 5.79. The van der Waals surface area contributed by atoms with Gasteiger partial charge in [0.1, 0.15) is 9.84 Å². The molecule has 0 spiro atoms. The van der Waals surface area contributed by atoms with E-state index in [9.17, 15) is 8.42 Å². The maximum absolute atomic E-state index is 10.8. The Balaban J connectivity index is 2.35. The molecule has 0 aromatic rings. The van der Waals surface area contributed by atoms with Crippen LogP contribution in [0.4, 0.5) is 0 Å². The van der Waals surface area contributed by atoms with Gasteiger partial charge in [-0.2, -0.15) is 0 Å². The second kappa shape index (κ2) is 3.00. The third kappa shape index (κ3) is 2.45. The Labute approximate surface area is 74.3 Å². The molecule has 2 unspecified atom stereocenters. The Hall–Kier alpha value is -0.0900. The molecule has 0 radical (unpaired) electrons. The van der Waals surface area contributed by atoms with Crippen LogP contribution in [0.3, 0.4) is 0 Å². The predicted molar refractivity (Wildman–Crippen MR) is 49.6 cm³/mol. The van der Waals surface area contributed by atoms with Crippen LogP contribution in [0.1, 0.15) is 26.2 Å². The van der Waals surface area contributed by atoms with Crippen LogP contribution in [-0.4, -0.2) is 26.0 Å². The summed E-state index contributed by atoms with van der Waals surface area (Å²) in [5.74, 6) is 0.791. The first-order chi connectivity index (χ1) is 5.37. The highest BCUT2D eigenvalue weighted by atomic mass is 32.2. The first-order valence-corrected chi connectivity index (χ1v) is 6.40. The first-order valence-electron chi connectivity index (χ1n) is 4.34. The van der Waals surface area contributed by atoms with Crippen LogP contribution < -0.4 is 5.73 Å². The van der Waals surface area contributed by atoms with Crippen molar-refractivity contribution >= 4 is 9.84 Å². The average Bonchev–Trinajstić information content (AvgIpc) is 2.58. The van der Waals surface area contributed by atoms with E-state index < -0.39 is 9.84 Å². The van der Waals surface area contributed by atoms with Crippen molar-refractivity contribution in [3.8, 4) is 0 Å². The molecule has 0 amide bonds. The van der Waals surface area contributed by atoms with Crippen LogP contribution in [0.5, 0.6) is 0 Å². The van der Waals surface area contributed by atoms with Crippen molar-refractivity contribution < 1.29 is 8.42 Å². The molecule has 0 bridgehead atoms. The third-order valence-electron chi connectivity index (χ3n) is 2.71. The minimum absolute atomic E-state index is 0.155. The zero-order valence-corrected chi connectivity index (χ0v) is 8.52. The maximum atomic E-state index is 10.8. The van der Waals surface area contributed by atoms with E-state index in [0.717, 1.165) is 12.8 Å². The van der Waals surface area contributed by atoms with Gasteiger partial charge < -0.3 is 5.73 Å². The summed E-state index contributed by atoms with van der Waals surface area (Å²) in [6.45, 7) is 2.10. The van der Waals surface area contributed by atoms with Crippen molar-refractivity contribution in [3.05, 3.63) is 0 Å². The van der Waals surface area contributed by atoms with Gasteiger partial charge in [0.05, 0.1) is 5.75 Å². The summed E-state index contributed by atoms with van der Waals surface area (Å²) < 4.78 is 21.7. The average molecular weight is 191 g/mol. The summed E-state index contributed by atoms with van der Waals surface area (Å²) in [4.78, 5) is 0. The van der Waals surface area contributed by atoms with Gasteiger partial charge in [-0.3, -0.25) is 0 Å². The van der Waals surface area contributed by atoms with Gasteiger partial charge in [-0.15, -0.1) is 0 Å². The molecule has 1 rings (SSSR count). The maximum Gasteiger partial charge on any atom is 0.147 e. The lowest BCUT2D eigenvalue weighted by Gasteiger charge is -2.08. The SMILES string of the molecule is CCC1CC1(N)CCS(C)(=O)=O. The highest BCUT2D eigenvalue weighted by Crippen LogP contribution is 2.45. The fraction of sp³-hybridized carbons (Fsp3) is 1.00. The van der Waals surface area contributed by atoms with E-state index in [-0.39, 0.29) is 11.3 Å². The molecule has 1 fully saturated rings. The van der Waals surface area contributed by atoms with E-state index in [1.165, 1.54) is 6.26 Å². The summed E-state index contributed by atoms with van der Waals surface area (Å²) in [6.07, 6.45) is 3.96. The summed E-state index contributed by atoms with van der Waals surface area (Å²) in [6, 6.07) is 0. The van der Waals surface area contributed by atoms with Crippen molar-refractivity contribution in [3.63, 3.8) is 0 Å². The third-order valence-corrected chi connectivity index (χ3v) is 3.66. The van der Waals surface area contributed by atoms with Crippen molar-refractivity contribution in [1.82, 2.24) is 0 Å². The van der Waals surface area contributed by atoms with Crippen LogP contribution in [0.2, 0.25) is 0 Å². The van der Waals surface area contributed by atoms with Gasteiger partial charge in [-0.05, 0) is 18.8 Å². The Morgan fingerprint density at radius 3 is 2.50 bits per heavy atom.